The molecule has 0 saturated carbocycles. The molecule has 1 saturated heterocycles. The number of carbonyl (C=O) groups is 1. The van der Waals surface area contributed by atoms with Gasteiger partial charge in [-0.3, -0.25) is 9.19 Å². The highest BCUT2D eigenvalue weighted by Crippen LogP contribution is 2.29. The molecule has 2 aromatic rings. The molecule has 9 nitrogen and oxygen atoms in total. The van der Waals surface area contributed by atoms with Crippen molar-refractivity contribution in [1.29, 1.82) is 0 Å². The van der Waals surface area contributed by atoms with Crippen LogP contribution in [0.4, 0.5) is 10.5 Å². The zero-order valence-electron chi connectivity index (χ0n) is 19.1. The van der Waals surface area contributed by atoms with Gasteiger partial charge in [-0.05, 0) is 55.7 Å². The van der Waals surface area contributed by atoms with Gasteiger partial charge in [0.25, 0.3) is 0 Å². The van der Waals surface area contributed by atoms with Crippen molar-refractivity contribution in [3.05, 3.63) is 58.9 Å². The van der Waals surface area contributed by atoms with Crippen LogP contribution in [0.15, 0.2) is 36.5 Å². The molecule has 0 radical (unpaired) electrons. The van der Waals surface area contributed by atoms with Gasteiger partial charge in [-0.25, -0.2) is 9.10 Å². The second-order valence-corrected chi connectivity index (χ2v) is 10.3. The van der Waals surface area contributed by atoms with E-state index in [1.807, 2.05) is 45.0 Å². The van der Waals surface area contributed by atoms with Gasteiger partial charge in [0.2, 0.25) is 0 Å². The maximum atomic E-state index is 12.3. The van der Waals surface area contributed by atoms with Gasteiger partial charge >= 0.3 is 6.09 Å². The summed E-state index contributed by atoms with van der Waals surface area (Å²) in [7, 11) is 0. The van der Waals surface area contributed by atoms with Crippen LogP contribution < -0.4 is 4.90 Å². The summed E-state index contributed by atoms with van der Waals surface area (Å²) < 4.78 is 29.3. The summed E-state index contributed by atoms with van der Waals surface area (Å²) in [6.45, 7) is 8.61. The fraction of sp³-hybridized carbons (Fsp3) is 0.478. The zero-order valence-corrected chi connectivity index (χ0v) is 19.9. The Bertz CT molecular complexity index is 1050. The van der Waals surface area contributed by atoms with Crippen molar-refractivity contribution in [3.8, 4) is 0 Å². The van der Waals surface area contributed by atoms with E-state index < -0.39 is 23.0 Å². The van der Waals surface area contributed by atoms with Crippen molar-refractivity contribution in [2.45, 2.75) is 45.6 Å². The second-order valence-electron chi connectivity index (χ2n) is 9.34. The third-order valence-corrected chi connectivity index (χ3v) is 6.45. The number of piperazine rings is 1. The highest BCUT2D eigenvalue weighted by Gasteiger charge is 2.27. The Morgan fingerprint density at radius 2 is 1.85 bits per heavy atom. The SMILES string of the molecule is CC(C)(C)OC(=O)N1CCN(c2cccc(C(O)c3cc4c(cn3)CN(S(=O)[O-])C4)c2)CC1. The van der Waals surface area contributed by atoms with Crippen molar-refractivity contribution in [2.75, 3.05) is 31.1 Å². The minimum absolute atomic E-state index is 0.287. The molecule has 1 amide bonds. The first-order valence-corrected chi connectivity index (χ1v) is 12.0. The van der Waals surface area contributed by atoms with Crippen molar-refractivity contribution in [2.24, 2.45) is 0 Å². The number of pyridine rings is 1. The van der Waals surface area contributed by atoms with E-state index in [1.165, 1.54) is 4.31 Å². The van der Waals surface area contributed by atoms with Crippen molar-refractivity contribution >= 4 is 23.0 Å². The van der Waals surface area contributed by atoms with Crippen LogP contribution >= 0.6 is 0 Å². The van der Waals surface area contributed by atoms with Crippen molar-refractivity contribution < 1.29 is 23.4 Å². The Balaban J connectivity index is 1.42. The largest absolute Gasteiger partial charge is 0.760 e. The second kappa shape index (κ2) is 9.38. The number of anilines is 1. The summed E-state index contributed by atoms with van der Waals surface area (Å²) in [5.41, 5.74) is 3.35. The van der Waals surface area contributed by atoms with E-state index in [-0.39, 0.29) is 12.6 Å². The maximum Gasteiger partial charge on any atom is 0.410 e. The first-order chi connectivity index (χ1) is 15.6. The van der Waals surface area contributed by atoms with Crippen LogP contribution in [-0.2, 0) is 29.1 Å². The molecule has 10 heteroatoms. The molecule has 3 heterocycles. The number of aliphatic hydroxyl groups is 1. The lowest BCUT2D eigenvalue weighted by molar-refractivity contribution is 0.0240. The molecule has 1 fully saturated rings. The predicted octanol–water partition coefficient (Wildman–Crippen LogP) is 2.33. The van der Waals surface area contributed by atoms with Crippen LogP contribution in [0.5, 0.6) is 0 Å². The fourth-order valence-electron chi connectivity index (χ4n) is 4.06. The molecular weight excluding hydrogens is 444 g/mol. The standard InChI is InChI=1S/C23H30N4O5S/c1-23(2,3)32-22(29)26-9-7-25(8-10-26)19-6-4-5-16(11-19)21(28)20-12-17-14-27(33(30)31)15-18(17)13-24-20/h4-6,11-13,21,28H,7-10,14-15H2,1-3H3,(H,30,31)/p-1. The minimum Gasteiger partial charge on any atom is -0.760 e. The molecule has 2 unspecified atom stereocenters. The highest BCUT2D eigenvalue weighted by molar-refractivity contribution is 7.76. The lowest BCUT2D eigenvalue weighted by atomic mass is 10.0. The number of aliphatic hydroxyl groups excluding tert-OH is 1. The van der Waals surface area contributed by atoms with Crippen LogP contribution in [-0.4, -0.2) is 65.9 Å². The summed E-state index contributed by atoms with van der Waals surface area (Å²) in [6.07, 6.45) is 0.416. The maximum absolute atomic E-state index is 12.3. The number of ether oxygens (including phenoxy) is 1. The average Bonchev–Trinajstić information content (AvgIpc) is 3.21. The Kier molecular flexibility index (Phi) is 6.71. The lowest BCUT2D eigenvalue weighted by Gasteiger charge is -2.37. The predicted molar refractivity (Wildman–Crippen MR) is 123 cm³/mol. The van der Waals surface area contributed by atoms with Crippen LogP contribution in [0.25, 0.3) is 0 Å². The number of carbonyl (C=O) groups excluding carboxylic acids is 1. The Morgan fingerprint density at radius 1 is 1.15 bits per heavy atom. The number of fused-ring (bicyclic) bond motifs is 1. The van der Waals surface area contributed by atoms with Gasteiger partial charge in [0, 0.05) is 62.4 Å². The monoisotopic (exact) mass is 473 g/mol. The molecule has 2 atom stereocenters. The third-order valence-electron chi connectivity index (χ3n) is 5.77. The fourth-order valence-corrected chi connectivity index (χ4v) is 4.55. The van der Waals surface area contributed by atoms with Gasteiger partial charge in [0.15, 0.2) is 0 Å². The molecule has 1 N–H and O–H groups in total. The van der Waals surface area contributed by atoms with Crippen LogP contribution in [0, 0.1) is 0 Å². The quantitative estimate of drug-likeness (QED) is 0.679. The Hall–Kier alpha value is -2.53. The molecule has 1 aromatic carbocycles. The summed E-state index contributed by atoms with van der Waals surface area (Å²) >= 11 is -2.28. The zero-order chi connectivity index (χ0) is 23.8. The van der Waals surface area contributed by atoms with E-state index >= 15 is 0 Å². The van der Waals surface area contributed by atoms with Gasteiger partial charge < -0.3 is 24.2 Å². The number of amides is 1. The van der Waals surface area contributed by atoms with Crippen molar-refractivity contribution in [3.63, 3.8) is 0 Å². The average molecular weight is 474 g/mol. The van der Waals surface area contributed by atoms with Crippen molar-refractivity contribution in [1.82, 2.24) is 14.2 Å². The van der Waals surface area contributed by atoms with Crippen LogP contribution in [0.3, 0.4) is 0 Å². The normalized spacial score (nSPS) is 18.7. The molecule has 2 aliphatic rings. The third kappa shape index (κ3) is 5.52. The van der Waals surface area contributed by atoms with E-state index in [0.29, 0.717) is 44.0 Å². The molecule has 178 valence electrons. The van der Waals surface area contributed by atoms with Gasteiger partial charge in [0.05, 0.1) is 5.69 Å². The van der Waals surface area contributed by atoms with Crippen LogP contribution in [0.2, 0.25) is 0 Å². The number of nitrogens with zero attached hydrogens (tertiary/aromatic N) is 4. The lowest BCUT2D eigenvalue weighted by Crippen LogP contribution is -2.50. The molecule has 4 rings (SSSR count). The van der Waals surface area contributed by atoms with E-state index in [4.69, 9.17) is 4.74 Å². The molecular formula is C23H29N4O5S-. The number of hydrogen-bond acceptors (Lipinski definition) is 7. The van der Waals surface area contributed by atoms with Gasteiger partial charge in [-0.15, -0.1) is 0 Å². The highest BCUT2D eigenvalue weighted by atomic mass is 32.2. The molecule has 1 aromatic heterocycles. The first-order valence-electron chi connectivity index (χ1n) is 10.9. The Labute approximate surface area is 196 Å². The number of benzene rings is 1. The Morgan fingerprint density at radius 3 is 2.52 bits per heavy atom. The molecule has 0 aliphatic carbocycles. The summed E-state index contributed by atoms with van der Waals surface area (Å²) in [6, 6.07) is 9.43. The van der Waals surface area contributed by atoms with Gasteiger partial charge in [-0.1, -0.05) is 12.1 Å². The topological polar surface area (TPSA) is 109 Å². The van der Waals surface area contributed by atoms with Gasteiger partial charge in [-0.2, -0.15) is 0 Å². The van der Waals surface area contributed by atoms with Crippen LogP contribution in [0.1, 0.15) is 49.3 Å². The first kappa shape index (κ1) is 23.6. The molecule has 0 bridgehead atoms. The van der Waals surface area contributed by atoms with E-state index in [2.05, 4.69) is 9.88 Å². The number of aromatic nitrogens is 1. The van der Waals surface area contributed by atoms with Gasteiger partial charge in [0.1, 0.15) is 11.7 Å². The molecule has 0 spiro atoms. The summed E-state index contributed by atoms with van der Waals surface area (Å²) in [5, 5.41) is 11.0. The van der Waals surface area contributed by atoms with E-state index in [9.17, 15) is 18.7 Å². The minimum atomic E-state index is -2.28. The number of rotatable bonds is 4. The smallest absolute Gasteiger partial charge is 0.410 e. The number of hydrogen-bond donors (Lipinski definition) is 1. The summed E-state index contributed by atoms with van der Waals surface area (Å²) in [5.74, 6) is 0. The summed E-state index contributed by atoms with van der Waals surface area (Å²) in [4.78, 5) is 20.6. The van der Waals surface area contributed by atoms with E-state index in [0.717, 1.165) is 16.8 Å². The molecule has 2 aliphatic heterocycles. The molecule has 33 heavy (non-hydrogen) atoms. The van der Waals surface area contributed by atoms with E-state index in [1.54, 1.807) is 17.2 Å².